The number of carbonyl (C=O) groups excluding carboxylic acids is 1. The molecule has 120 valence electrons. The number of esters is 1. The summed E-state index contributed by atoms with van der Waals surface area (Å²) in [5, 5.41) is 0.0204. The number of thioether (sulfide) groups is 1. The zero-order valence-electron chi connectivity index (χ0n) is 11.5. The standard InChI is InChI=1S/C12H16F4N2O2S/c1-3-20-12(19)9(4-5-21-2)17-18-10(15)7(13)6-8(14)11(18)16/h6,9-10,17H,3-5H2,1-2H3. The molecule has 2 unspecified atom stereocenters. The van der Waals surface area contributed by atoms with Gasteiger partial charge >= 0.3 is 5.97 Å². The summed E-state index contributed by atoms with van der Waals surface area (Å²) in [4.78, 5) is 11.7. The number of rotatable bonds is 7. The normalized spacial score (nSPS) is 20.4. The van der Waals surface area contributed by atoms with Gasteiger partial charge in [-0.1, -0.05) is 0 Å². The number of hydrogen-bond acceptors (Lipinski definition) is 5. The van der Waals surface area contributed by atoms with Crippen molar-refractivity contribution in [3.05, 3.63) is 23.7 Å². The van der Waals surface area contributed by atoms with Crippen LogP contribution in [0.1, 0.15) is 13.3 Å². The Kier molecular flexibility index (Phi) is 7.03. The molecule has 0 aromatic heterocycles. The van der Waals surface area contributed by atoms with E-state index in [1.807, 2.05) is 0 Å². The lowest BCUT2D eigenvalue weighted by atomic mass is 10.2. The number of halogens is 4. The Balaban J connectivity index is 2.86. The van der Waals surface area contributed by atoms with Crippen LogP contribution in [0, 0.1) is 0 Å². The summed E-state index contributed by atoms with van der Waals surface area (Å²) >= 11 is 1.40. The third-order valence-corrected chi connectivity index (χ3v) is 3.25. The molecule has 1 rings (SSSR count). The van der Waals surface area contributed by atoms with Gasteiger partial charge in [-0.15, -0.1) is 0 Å². The predicted octanol–water partition coefficient (Wildman–Crippen LogP) is 2.75. The second-order valence-electron chi connectivity index (χ2n) is 4.09. The third kappa shape index (κ3) is 4.63. The summed E-state index contributed by atoms with van der Waals surface area (Å²) in [7, 11) is 0. The lowest BCUT2D eigenvalue weighted by molar-refractivity contribution is -0.148. The van der Waals surface area contributed by atoms with Gasteiger partial charge in [-0.25, -0.2) is 23.6 Å². The van der Waals surface area contributed by atoms with Crippen LogP contribution in [0.15, 0.2) is 23.7 Å². The number of allylic oxidation sites excluding steroid dienone is 2. The molecule has 2 atom stereocenters. The average molecular weight is 328 g/mol. The number of hydrogen-bond donors (Lipinski definition) is 1. The SMILES string of the molecule is CCOC(=O)C(CCSC)NN1C(F)=C(F)C=C(F)C1F. The number of hydrazine groups is 1. The maximum absolute atomic E-state index is 13.6. The van der Waals surface area contributed by atoms with Crippen LogP contribution in [0.2, 0.25) is 0 Å². The van der Waals surface area contributed by atoms with Gasteiger partial charge in [0.2, 0.25) is 12.2 Å². The van der Waals surface area contributed by atoms with E-state index in [9.17, 15) is 22.4 Å². The molecule has 0 bridgehead atoms. The molecule has 0 amide bonds. The lowest BCUT2D eigenvalue weighted by Crippen LogP contribution is -2.52. The quantitative estimate of drug-likeness (QED) is 0.442. The Morgan fingerprint density at radius 3 is 2.76 bits per heavy atom. The largest absolute Gasteiger partial charge is 0.465 e. The minimum Gasteiger partial charge on any atom is -0.465 e. The van der Waals surface area contributed by atoms with Crippen LogP contribution in [-0.4, -0.2) is 41.9 Å². The van der Waals surface area contributed by atoms with Crippen molar-refractivity contribution in [3.8, 4) is 0 Å². The van der Waals surface area contributed by atoms with Crippen LogP contribution in [0.3, 0.4) is 0 Å². The van der Waals surface area contributed by atoms with Gasteiger partial charge in [-0.05, 0) is 25.4 Å². The lowest BCUT2D eigenvalue weighted by Gasteiger charge is -2.31. The van der Waals surface area contributed by atoms with E-state index in [1.165, 1.54) is 11.8 Å². The molecular weight excluding hydrogens is 312 g/mol. The number of nitrogens with zero attached hydrogens (tertiary/aromatic N) is 1. The summed E-state index contributed by atoms with van der Waals surface area (Å²) in [5.41, 5.74) is 2.15. The molecule has 0 aromatic carbocycles. The topological polar surface area (TPSA) is 41.6 Å². The molecule has 1 aliphatic heterocycles. The molecule has 0 saturated carbocycles. The van der Waals surface area contributed by atoms with E-state index in [0.29, 0.717) is 5.75 Å². The minimum absolute atomic E-state index is 0.0204. The predicted molar refractivity (Wildman–Crippen MR) is 71.7 cm³/mol. The third-order valence-electron chi connectivity index (χ3n) is 2.60. The maximum atomic E-state index is 13.6. The zero-order chi connectivity index (χ0) is 16.0. The Morgan fingerprint density at radius 1 is 1.52 bits per heavy atom. The molecule has 4 nitrogen and oxygen atoms in total. The highest BCUT2D eigenvalue weighted by Crippen LogP contribution is 2.28. The molecule has 0 radical (unpaired) electrons. The average Bonchev–Trinajstić information content (AvgIpc) is 2.44. The van der Waals surface area contributed by atoms with Gasteiger partial charge in [-0.3, -0.25) is 4.79 Å². The van der Waals surface area contributed by atoms with Crippen molar-refractivity contribution in [2.24, 2.45) is 0 Å². The van der Waals surface area contributed by atoms with Crippen LogP contribution < -0.4 is 5.43 Å². The van der Waals surface area contributed by atoms with Crippen LogP contribution in [0.5, 0.6) is 0 Å². The molecule has 0 aromatic rings. The van der Waals surface area contributed by atoms with Crippen LogP contribution in [0.4, 0.5) is 17.6 Å². The van der Waals surface area contributed by atoms with E-state index in [-0.39, 0.29) is 24.1 Å². The Hall–Kier alpha value is -1.22. The molecule has 9 heteroatoms. The van der Waals surface area contributed by atoms with E-state index in [0.717, 1.165) is 0 Å². The highest BCUT2D eigenvalue weighted by Gasteiger charge is 2.35. The fraction of sp³-hybridized carbons (Fsp3) is 0.583. The van der Waals surface area contributed by atoms with Crippen LogP contribution in [0.25, 0.3) is 0 Å². The smallest absolute Gasteiger partial charge is 0.324 e. The first-order valence-electron chi connectivity index (χ1n) is 6.19. The summed E-state index contributed by atoms with van der Waals surface area (Å²) in [6, 6.07) is -1.11. The summed E-state index contributed by atoms with van der Waals surface area (Å²) < 4.78 is 58.2. The Bertz CT molecular complexity index is 445. The van der Waals surface area contributed by atoms with E-state index >= 15 is 0 Å². The molecule has 1 N–H and O–H groups in total. The molecule has 0 saturated heterocycles. The maximum Gasteiger partial charge on any atom is 0.324 e. The molecule has 1 heterocycles. The molecular formula is C12H16F4N2O2S. The summed E-state index contributed by atoms with van der Waals surface area (Å²) in [5.74, 6) is -4.92. The number of alkyl halides is 1. The minimum atomic E-state index is -2.55. The van der Waals surface area contributed by atoms with Crippen LogP contribution in [-0.2, 0) is 9.53 Å². The highest BCUT2D eigenvalue weighted by molar-refractivity contribution is 7.98. The first-order chi connectivity index (χ1) is 9.92. The summed E-state index contributed by atoms with van der Waals surface area (Å²) in [6.45, 7) is 1.65. The number of nitrogens with one attached hydrogen (secondary N) is 1. The van der Waals surface area contributed by atoms with Crippen molar-refractivity contribution in [2.75, 3.05) is 18.6 Å². The molecule has 0 spiro atoms. The van der Waals surface area contributed by atoms with Crippen molar-refractivity contribution in [2.45, 2.75) is 25.7 Å². The van der Waals surface area contributed by atoms with E-state index in [1.54, 1.807) is 13.2 Å². The highest BCUT2D eigenvalue weighted by atomic mass is 32.2. The van der Waals surface area contributed by atoms with Crippen molar-refractivity contribution in [1.82, 2.24) is 10.4 Å². The zero-order valence-corrected chi connectivity index (χ0v) is 12.4. The fourth-order valence-corrected chi connectivity index (χ4v) is 2.06. The van der Waals surface area contributed by atoms with Gasteiger partial charge in [0.25, 0.3) is 0 Å². The summed E-state index contributed by atoms with van der Waals surface area (Å²) in [6.07, 6.45) is -0.456. The van der Waals surface area contributed by atoms with Crippen molar-refractivity contribution < 1.29 is 27.1 Å². The van der Waals surface area contributed by atoms with E-state index < -0.39 is 35.9 Å². The van der Waals surface area contributed by atoms with Gasteiger partial charge in [-0.2, -0.15) is 16.2 Å². The van der Waals surface area contributed by atoms with Crippen molar-refractivity contribution >= 4 is 17.7 Å². The molecule has 0 aliphatic carbocycles. The van der Waals surface area contributed by atoms with Gasteiger partial charge in [0.1, 0.15) is 6.04 Å². The second-order valence-corrected chi connectivity index (χ2v) is 5.07. The fourth-order valence-electron chi connectivity index (χ4n) is 1.59. The Morgan fingerprint density at radius 2 is 2.19 bits per heavy atom. The Labute approximate surface area is 124 Å². The van der Waals surface area contributed by atoms with Gasteiger partial charge in [0.15, 0.2) is 11.7 Å². The van der Waals surface area contributed by atoms with Crippen molar-refractivity contribution in [3.63, 3.8) is 0 Å². The van der Waals surface area contributed by atoms with Crippen LogP contribution >= 0.6 is 11.8 Å². The van der Waals surface area contributed by atoms with E-state index in [2.05, 4.69) is 5.43 Å². The molecule has 21 heavy (non-hydrogen) atoms. The van der Waals surface area contributed by atoms with Gasteiger partial charge in [0, 0.05) is 6.08 Å². The first-order valence-corrected chi connectivity index (χ1v) is 7.59. The molecule has 0 fully saturated rings. The monoisotopic (exact) mass is 328 g/mol. The van der Waals surface area contributed by atoms with Crippen molar-refractivity contribution in [1.29, 1.82) is 0 Å². The van der Waals surface area contributed by atoms with Gasteiger partial charge < -0.3 is 4.74 Å². The number of ether oxygens (including phenoxy) is 1. The first kappa shape index (κ1) is 17.8. The second kappa shape index (κ2) is 8.28. The molecule has 1 aliphatic rings. The van der Waals surface area contributed by atoms with E-state index in [4.69, 9.17) is 4.74 Å². The number of carbonyl (C=O) groups is 1. The van der Waals surface area contributed by atoms with Gasteiger partial charge in [0.05, 0.1) is 6.61 Å².